The Bertz CT molecular complexity index is 1200. The molecule has 0 aliphatic rings. The van der Waals surface area contributed by atoms with Crippen molar-refractivity contribution in [3.05, 3.63) is 36.0 Å². The van der Waals surface area contributed by atoms with Gasteiger partial charge < -0.3 is 15.2 Å². The van der Waals surface area contributed by atoms with Gasteiger partial charge in [-0.2, -0.15) is 0 Å². The zero-order valence-corrected chi connectivity index (χ0v) is 18.5. The second-order valence-electron chi connectivity index (χ2n) is 7.88. The summed E-state index contributed by atoms with van der Waals surface area (Å²) in [5.41, 5.74) is 2.62. The Morgan fingerprint density at radius 3 is 2.73 bits per heavy atom. The molecule has 0 radical (unpaired) electrons. The van der Waals surface area contributed by atoms with E-state index in [1.54, 1.807) is 11.3 Å². The van der Waals surface area contributed by atoms with Crippen LogP contribution in [0.4, 0.5) is 5.82 Å². The normalized spacial score (nSPS) is 12.6. The van der Waals surface area contributed by atoms with E-state index in [0.29, 0.717) is 18.9 Å². The zero-order chi connectivity index (χ0) is 21.3. The molecule has 0 saturated heterocycles. The molecule has 3 aromatic heterocycles. The molecule has 1 unspecified atom stereocenters. The van der Waals surface area contributed by atoms with Crippen LogP contribution < -0.4 is 10.6 Å². The lowest BCUT2D eigenvalue weighted by Crippen LogP contribution is -2.29. The maximum absolute atomic E-state index is 11.2. The van der Waals surface area contributed by atoms with E-state index in [1.165, 1.54) is 11.6 Å². The van der Waals surface area contributed by atoms with Gasteiger partial charge in [0.05, 0.1) is 6.33 Å². The number of amides is 1. The molecule has 0 aliphatic heterocycles. The van der Waals surface area contributed by atoms with Crippen molar-refractivity contribution >= 4 is 44.3 Å². The maximum Gasteiger partial charge on any atom is 0.216 e. The molecule has 0 aliphatic carbocycles. The van der Waals surface area contributed by atoms with Gasteiger partial charge in [-0.1, -0.05) is 25.1 Å². The summed E-state index contributed by atoms with van der Waals surface area (Å²) in [6.07, 6.45) is 1.82. The fourth-order valence-electron chi connectivity index (χ4n) is 3.35. The van der Waals surface area contributed by atoms with Crippen LogP contribution in [0.3, 0.4) is 0 Å². The first-order chi connectivity index (χ1) is 14.4. The Labute approximate surface area is 179 Å². The molecule has 0 fully saturated rings. The predicted octanol–water partition coefficient (Wildman–Crippen LogP) is 4.47. The summed E-state index contributed by atoms with van der Waals surface area (Å²) >= 11 is 1.70. The van der Waals surface area contributed by atoms with Crippen molar-refractivity contribution in [3.63, 3.8) is 0 Å². The zero-order valence-electron chi connectivity index (χ0n) is 17.6. The van der Waals surface area contributed by atoms with Crippen molar-refractivity contribution in [2.45, 2.75) is 33.7 Å². The first kappa shape index (κ1) is 20.3. The maximum atomic E-state index is 11.2. The molecule has 7 nitrogen and oxygen atoms in total. The van der Waals surface area contributed by atoms with Gasteiger partial charge >= 0.3 is 0 Å². The van der Waals surface area contributed by atoms with Crippen LogP contribution >= 0.6 is 11.3 Å². The van der Waals surface area contributed by atoms with Crippen molar-refractivity contribution in [3.8, 4) is 11.4 Å². The number of nitrogens with zero attached hydrogens (tertiary/aromatic N) is 4. The van der Waals surface area contributed by atoms with Gasteiger partial charge in [-0.25, -0.2) is 15.0 Å². The Morgan fingerprint density at radius 1 is 1.17 bits per heavy atom. The third kappa shape index (κ3) is 4.00. The van der Waals surface area contributed by atoms with E-state index in [1.807, 2.05) is 18.5 Å². The number of fused-ring (bicyclic) bond motifs is 2. The molecule has 1 aromatic carbocycles. The summed E-state index contributed by atoms with van der Waals surface area (Å²) in [6.45, 7) is 9.13. The van der Waals surface area contributed by atoms with E-state index in [2.05, 4.69) is 58.5 Å². The van der Waals surface area contributed by atoms with Gasteiger partial charge in [-0.05, 0) is 25.8 Å². The first-order valence-electron chi connectivity index (χ1n) is 10.1. The molecule has 4 rings (SSSR count). The second-order valence-corrected chi connectivity index (χ2v) is 8.79. The Morgan fingerprint density at radius 2 is 1.97 bits per heavy atom. The largest absolute Gasteiger partial charge is 0.368 e. The number of carbonyl (C=O) groups excluding carboxylic acids is 1. The van der Waals surface area contributed by atoms with Gasteiger partial charge in [0.15, 0.2) is 17.3 Å². The van der Waals surface area contributed by atoms with E-state index < -0.39 is 0 Å². The van der Waals surface area contributed by atoms with Crippen LogP contribution in [0.5, 0.6) is 0 Å². The number of imidazole rings is 1. The third-order valence-corrected chi connectivity index (χ3v) is 5.98. The lowest BCUT2D eigenvalue weighted by molar-refractivity contribution is -0.119. The fourth-order valence-corrected chi connectivity index (χ4v) is 4.29. The van der Waals surface area contributed by atoms with Gasteiger partial charge in [0, 0.05) is 47.1 Å². The lowest BCUT2D eigenvalue weighted by atomic mass is 10.1. The summed E-state index contributed by atoms with van der Waals surface area (Å²) in [5.74, 6) is 1.64. The van der Waals surface area contributed by atoms with Crippen molar-refractivity contribution in [1.29, 1.82) is 0 Å². The van der Waals surface area contributed by atoms with E-state index in [9.17, 15) is 4.79 Å². The molecular weight excluding hydrogens is 396 g/mol. The predicted molar refractivity (Wildman–Crippen MR) is 123 cm³/mol. The molecule has 30 heavy (non-hydrogen) atoms. The summed E-state index contributed by atoms with van der Waals surface area (Å²) in [4.78, 5) is 25.5. The van der Waals surface area contributed by atoms with Gasteiger partial charge in [0.25, 0.3) is 0 Å². The molecular formula is C22H26N6OS. The number of carbonyl (C=O) groups is 1. The Balaban J connectivity index is 1.74. The minimum atomic E-state index is -0.0198. The van der Waals surface area contributed by atoms with Crippen LogP contribution in [0, 0.1) is 5.92 Å². The number of thiophene rings is 1. The van der Waals surface area contributed by atoms with Crippen LogP contribution in [0.25, 0.3) is 32.6 Å². The summed E-state index contributed by atoms with van der Waals surface area (Å²) in [7, 11) is 0. The number of rotatable bonds is 7. The Hall–Kier alpha value is -3.00. The minimum absolute atomic E-state index is 0.0198. The molecule has 156 valence electrons. The minimum Gasteiger partial charge on any atom is -0.368 e. The number of anilines is 1. The molecule has 1 atom stereocenters. The molecule has 8 heteroatoms. The Kier molecular flexibility index (Phi) is 5.67. The van der Waals surface area contributed by atoms with E-state index in [0.717, 1.165) is 27.9 Å². The molecule has 1 amide bonds. The van der Waals surface area contributed by atoms with E-state index in [-0.39, 0.29) is 17.9 Å². The molecule has 0 spiro atoms. The summed E-state index contributed by atoms with van der Waals surface area (Å²) in [6, 6.07) is 8.55. The number of benzene rings is 1. The van der Waals surface area contributed by atoms with Gasteiger partial charge in [-0.15, -0.1) is 11.3 Å². The average molecular weight is 423 g/mol. The van der Waals surface area contributed by atoms with Crippen molar-refractivity contribution in [1.82, 2.24) is 24.8 Å². The molecule has 4 aromatic rings. The molecule has 3 heterocycles. The highest BCUT2D eigenvalue weighted by atomic mass is 32.1. The quantitative estimate of drug-likeness (QED) is 0.459. The average Bonchev–Trinajstić information content (AvgIpc) is 3.34. The van der Waals surface area contributed by atoms with Crippen LogP contribution in [0.2, 0.25) is 0 Å². The van der Waals surface area contributed by atoms with E-state index in [4.69, 9.17) is 9.97 Å². The summed E-state index contributed by atoms with van der Waals surface area (Å²) in [5, 5.41) is 9.57. The molecule has 0 saturated carbocycles. The van der Waals surface area contributed by atoms with Crippen LogP contribution in [0.15, 0.2) is 36.0 Å². The number of hydrogen-bond acceptors (Lipinski definition) is 6. The number of aromatic nitrogens is 4. The topological polar surface area (TPSA) is 84.7 Å². The second kappa shape index (κ2) is 8.39. The van der Waals surface area contributed by atoms with E-state index >= 15 is 0 Å². The lowest BCUT2D eigenvalue weighted by Gasteiger charge is -2.15. The smallest absolute Gasteiger partial charge is 0.216 e. The van der Waals surface area contributed by atoms with Crippen molar-refractivity contribution in [2.75, 3.05) is 18.4 Å². The van der Waals surface area contributed by atoms with Gasteiger partial charge in [-0.3, -0.25) is 4.79 Å². The van der Waals surface area contributed by atoms with Crippen molar-refractivity contribution < 1.29 is 4.79 Å². The van der Waals surface area contributed by atoms with Gasteiger partial charge in [0.1, 0.15) is 5.52 Å². The first-order valence-corrected chi connectivity index (χ1v) is 11.0. The fraction of sp³-hybridized carbons (Fsp3) is 0.364. The number of nitrogens with one attached hydrogen (secondary N) is 2. The summed E-state index contributed by atoms with van der Waals surface area (Å²) < 4.78 is 3.29. The highest BCUT2D eigenvalue weighted by molar-refractivity contribution is 7.17. The van der Waals surface area contributed by atoms with Gasteiger partial charge in [0.2, 0.25) is 5.91 Å². The molecule has 2 N–H and O–H groups in total. The third-order valence-electron chi connectivity index (χ3n) is 5.02. The SMILES string of the molecule is CC(=O)NCC(C)CNc1nc(-c2csc3ccccc23)nc2c1ncn2C(C)C. The van der Waals surface area contributed by atoms with Crippen molar-refractivity contribution in [2.24, 2.45) is 5.92 Å². The highest BCUT2D eigenvalue weighted by Crippen LogP contribution is 2.34. The monoisotopic (exact) mass is 422 g/mol. The standard InChI is InChI=1S/C22H26N6OS/c1-13(2)28-12-25-19-21(24-10-14(3)9-23-15(4)29)26-20(27-22(19)28)17-11-30-18-8-6-5-7-16(17)18/h5-8,11-14H,9-10H2,1-4H3,(H,23,29)(H,24,26,27). The number of hydrogen-bond donors (Lipinski definition) is 2. The van der Waals surface area contributed by atoms with Crippen LogP contribution in [-0.4, -0.2) is 38.5 Å². The van der Waals surface area contributed by atoms with Crippen LogP contribution in [-0.2, 0) is 4.79 Å². The molecule has 0 bridgehead atoms. The van der Waals surface area contributed by atoms with Crippen LogP contribution in [0.1, 0.15) is 33.7 Å². The highest BCUT2D eigenvalue weighted by Gasteiger charge is 2.18.